The number of benzene rings is 1. The van der Waals surface area contributed by atoms with E-state index in [1.165, 1.54) is 30.5 Å². The molecule has 2 rings (SSSR count). The summed E-state index contributed by atoms with van der Waals surface area (Å²) in [6.07, 6.45) is 1.46. The molecule has 84 valence electrons. The molecule has 0 saturated heterocycles. The largest absolute Gasteiger partial charge is 0.446 e. The van der Waals surface area contributed by atoms with Crippen molar-refractivity contribution < 1.29 is 13.2 Å². The molecule has 2 nitrogen and oxygen atoms in total. The average molecular weight is 245 g/mol. The minimum atomic E-state index is -4.34. The van der Waals surface area contributed by atoms with Crippen LogP contribution in [0.2, 0.25) is 0 Å². The van der Waals surface area contributed by atoms with E-state index < -0.39 is 5.51 Å². The second-order valence-electron chi connectivity index (χ2n) is 3.10. The van der Waals surface area contributed by atoms with E-state index in [1.807, 2.05) is 0 Å². The predicted octanol–water partition coefficient (Wildman–Crippen LogP) is 3.14. The Labute approximate surface area is 92.5 Å². The number of fused-ring (bicyclic) bond motifs is 1. The average Bonchev–Trinajstić information content (AvgIpc) is 2.17. The van der Waals surface area contributed by atoms with Gasteiger partial charge in [-0.2, -0.15) is 13.2 Å². The van der Waals surface area contributed by atoms with Gasteiger partial charge >= 0.3 is 5.51 Å². The fraction of sp³-hybridized carbons (Fsp3) is 0.100. The van der Waals surface area contributed by atoms with Gasteiger partial charge in [-0.1, -0.05) is 0 Å². The van der Waals surface area contributed by atoms with Crippen LogP contribution in [0.5, 0.6) is 0 Å². The van der Waals surface area contributed by atoms with Gasteiger partial charge in [0.1, 0.15) is 0 Å². The lowest BCUT2D eigenvalue weighted by Gasteiger charge is -2.05. The number of rotatable bonds is 1. The smallest absolute Gasteiger partial charge is 0.361 e. The zero-order valence-corrected chi connectivity index (χ0v) is 8.65. The van der Waals surface area contributed by atoms with E-state index in [4.69, 9.17) is 0 Å². The van der Waals surface area contributed by atoms with Crippen molar-refractivity contribution in [2.75, 3.05) is 0 Å². The maximum Gasteiger partial charge on any atom is 0.446 e. The quantitative estimate of drug-likeness (QED) is 0.783. The molecule has 0 spiro atoms. The van der Waals surface area contributed by atoms with Crippen molar-refractivity contribution in [3.63, 3.8) is 0 Å². The molecule has 16 heavy (non-hydrogen) atoms. The van der Waals surface area contributed by atoms with E-state index in [2.05, 4.69) is 4.98 Å². The van der Waals surface area contributed by atoms with Crippen molar-refractivity contribution in [1.82, 2.24) is 4.98 Å². The molecular formula is C10H6F3NOS. The van der Waals surface area contributed by atoms with Crippen LogP contribution in [-0.4, -0.2) is 10.5 Å². The summed E-state index contributed by atoms with van der Waals surface area (Å²) in [5.74, 6) is 0. The van der Waals surface area contributed by atoms with Gasteiger partial charge in [0, 0.05) is 28.1 Å². The molecule has 2 aromatic rings. The summed E-state index contributed by atoms with van der Waals surface area (Å²) < 4.78 is 36.4. The number of aromatic amines is 1. The van der Waals surface area contributed by atoms with Crippen LogP contribution < -0.4 is 5.43 Å². The molecule has 0 bridgehead atoms. The van der Waals surface area contributed by atoms with Crippen molar-refractivity contribution in [3.05, 3.63) is 40.7 Å². The number of nitrogens with one attached hydrogen (secondary N) is 1. The van der Waals surface area contributed by atoms with Gasteiger partial charge in [-0.3, -0.25) is 4.79 Å². The first-order valence-corrected chi connectivity index (χ1v) is 5.14. The highest BCUT2D eigenvalue weighted by Crippen LogP contribution is 2.37. The Morgan fingerprint density at radius 2 is 1.94 bits per heavy atom. The first-order chi connectivity index (χ1) is 7.46. The van der Waals surface area contributed by atoms with Crippen molar-refractivity contribution in [1.29, 1.82) is 0 Å². The Morgan fingerprint density at radius 1 is 1.19 bits per heavy atom. The SMILES string of the molecule is O=c1cc[nH]c2ccc(SC(F)(F)F)cc12. The number of aromatic nitrogens is 1. The summed E-state index contributed by atoms with van der Waals surface area (Å²) in [4.78, 5) is 14.2. The maximum absolute atomic E-state index is 12.1. The Bertz CT molecular complexity index is 576. The third-order valence-electron chi connectivity index (χ3n) is 1.96. The van der Waals surface area contributed by atoms with Gasteiger partial charge in [0.2, 0.25) is 0 Å². The molecule has 0 aliphatic carbocycles. The molecule has 6 heteroatoms. The normalized spacial score (nSPS) is 11.9. The minimum absolute atomic E-state index is 0.0108. The summed E-state index contributed by atoms with van der Waals surface area (Å²) in [6, 6.07) is 5.32. The van der Waals surface area contributed by atoms with E-state index in [-0.39, 0.29) is 27.5 Å². The van der Waals surface area contributed by atoms with Crippen LogP contribution in [0.3, 0.4) is 0 Å². The van der Waals surface area contributed by atoms with Crippen LogP contribution in [0, 0.1) is 0 Å². The van der Waals surface area contributed by atoms with Crippen LogP contribution in [0.4, 0.5) is 13.2 Å². The topological polar surface area (TPSA) is 32.9 Å². The first kappa shape index (κ1) is 11.1. The molecular weight excluding hydrogens is 239 g/mol. The molecule has 0 amide bonds. The number of hydrogen-bond acceptors (Lipinski definition) is 2. The monoisotopic (exact) mass is 245 g/mol. The predicted molar refractivity (Wildman–Crippen MR) is 56.5 cm³/mol. The van der Waals surface area contributed by atoms with Gasteiger partial charge in [-0.25, -0.2) is 0 Å². The van der Waals surface area contributed by atoms with Gasteiger partial charge < -0.3 is 4.98 Å². The van der Waals surface area contributed by atoms with Crippen LogP contribution >= 0.6 is 11.8 Å². The lowest BCUT2D eigenvalue weighted by atomic mass is 10.2. The number of H-pyrrole nitrogens is 1. The number of pyridine rings is 1. The van der Waals surface area contributed by atoms with Crippen LogP contribution in [0.1, 0.15) is 0 Å². The number of thioether (sulfide) groups is 1. The Balaban J connectivity index is 2.52. The fourth-order valence-electron chi connectivity index (χ4n) is 1.35. The molecule has 0 aliphatic rings. The Morgan fingerprint density at radius 3 is 2.62 bits per heavy atom. The Hall–Kier alpha value is -1.43. The van der Waals surface area contributed by atoms with E-state index >= 15 is 0 Å². The third-order valence-corrected chi connectivity index (χ3v) is 2.68. The van der Waals surface area contributed by atoms with Gasteiger partial charge in [0.25, 0.3) is 0 Å². The molecule has 0 saturated carbocycles. The van der Waals surface area contributed by atoms with Crippen LogP contribution in [0.15, 0.2) is 40.2 Å². The Kier molecular flexibility index (Phi) is 2.67. The molecule has 0 atom stereocenters. The standard InChI is InChI=1S/C10H6F3NOS/c11-10(12,13)16-6-1-2-8-7(5-6)9(15)3-4-14-8/h1-5H,(H,14,15). The van der Waals surface area contributed by atoms with Crippen molar-refractivity contribution in [3.8, 4) is 0 Å². The summed E-state index contributed by atoms with van der Waals surface area (Å²) in [5.41, 5.74) is -4.10. The van der Waals surface area contributed by atoms with Gasteiger partial charge in [0.15, 0.2) is 5.43 Å². The van der Waals surface area contributed by atoms with Crippen LogP contribution in [-0.2, 0) is 0 Å². The van der Waals surface area contributed by atoms with Crippen molar-refractivity contribution >= 4 is 22.7 Å². The van der Waals surface area contributed by atoms with E-state index in [0.717, 1.165) is 0 Å². The van der Waals surface area contributed by atoms with Crippen molar-refractivity contribution in [2.24, 2.45) is 0 Å². The molecule has 1 heterocycles. The molecule has 1 aromatic heterocycles. The summed E-state index contributed by atoms with van der Waals surface area (Å²) in [7, 11) is 0. The van der Waals surface area contributed by atoms with E-state index in [0.29, 0.717) is 5.52 Å². The zero-order valence-electron chi connectivity index (χ0n) is 7.84. The van der Waals surface area contributed by atoms with Gasteiger partial charge in [-0.15, -0.1) is 0 Å². The highest BCUT2D eigenvalue weighted by molar-refractivity contribution is 8.00. The van der Waals surface area contributed by atoms with Gasteiger partial charge in [0.05, 0.1) is 0 Å². The second-order valence-corrected chi connectivity index (χ2v) is 4.24. The lowest BCUT2D eigenvalue weighted by molar-refractivity contribution is -0.0328. The zero-order chi connectivity index (χ0) is 11.8. The molecule has 1 N–H and O–H groups in total. The molecule has 0 unspecified atom stereocenters. The lowest BCUT2D eigenvalue weighted by Crippen LogP contribution is -2.02. The third kappa shape index (κ3) is 2.38. The van der Waals surface area contributed by atoms with Gasteiger partial charge in [-0.05, 0) is 30.0 Å². The number of halogens is 3. The molecule has 0 radical (unpaired) electrons. The number of alkyl halides is 3. The van der Waals surface area contributed by atoms with E-state index in [9.17, 15) is 18.0 Å². The molecule has 1 aromatic carbocycles. The highest BCUT2D eigenvalue weighted by atomic mass is 32.2. The summed E-state index contributed by atoms with van der Waals surface area (Å²) in [6.45, 7) is 0. The molecule has 0 aliphatic heterocycles. The van der Waals surface area contributed by atoms with Crippen LogP contribution in [0.25, 0.3) is 10.9 Å². The highest BCUT2D eigenvalue weighted by Gasteiger charge is 2.29. The van der Waals surface area contributed by atoms with Crippen molar-refractivity contribution in [2.45, 2.75) is 10.4 Å². The minimum Gasteiger partial charge on any atom is -0.361 e. The number of hydrogen-bond donors (Lipinski definition) is 1. The second kappa shape index (κ2) is 3.86. The summed E-state index contributed by atoms with van der Waals surface area (Å²) >= 11 is -0.228. The fourth-order valence-corrected chi connectivity index (χ4v) is 1.93. The molecule has 0 fully saturated rings. The summed E-state index contributed by atoms with van der Waals surface area (Å²) in [5, 5.41) is 0.261. The van der Waals surface area contributed by atoms with E-state index in [1.54, 1.807) is 0 Å². The first-order valence-electron chi connectivity index (χ1n) is 4.33. The maximum atomic E-state index is 12.1.